The van der Waals surface area contributed by atoms with Crippen LogP contribution in [0.1, 0.15) is 36.8 Å². The molecular weight excluding hydrogens is 246 g/mol. The zero-order valence-corrected chi connectivity index (χ0v) is 12.4. The van der Waals surface area contributed by atoms with Crippen molar-refractivity contribution in [2.75, 3.05) is 13.1 Å². The van der Waals surface area contributed by atoms with Crippen LogP contribution in [0.2, 0.25) is 0 Å². The number of aromatic nitrogens is 1. The minimum absolute atomic E-state index is 0.739. The van der Waals surface area contributed by atoms with E-state index in [2.05, 4.69) is 28.2 Å². The minimum Gasteiger partial charge on any atom is -0.311 e. The third-order valence-corrected chi connectivity index (χ3v) is 5.16. The first kappa shape index (κ1) is 12.8. The highest BCUT2D eigenvalue weighted by Crippen LogP contribution is 2.40. The summed E-state index contributed by atoms with van der Waals surface area (Å²) >= 11 is 0. The predicted octanol–water partition coefficient (Wildman–Crippen LogP) is 2.35. The summed E-state index contributed by atoms with van der Waals surface area (Å²) in [4.78, 5) is 7.10. The Morgan fingerprint density at radius 3 is 2.70 bits per heavy atom. The van der Waals surface area contributed by atoms with E-state index in [1.807, 2.05) is 12.4 Å². The van der Waals surface area contributed by atoms with Crippen molar-refractivity contribution in [2.45, 2.75) is 51.2 Å². The Morgan fingerprint density at radius 1 is 1.20 bits per heavy atom. The third kappa shape index (κ3) is 2.75. The monoisotopic (exact) mass is 271 g/mol. The number of piperazine rings is 1. The number of rotatable bonds is 4. The SMILES string of the molecule is Cc1cncc(CN2CC(C3CC3)NCC2C2CC2)c1. The van der Waals surface area contributed by atoms with Crippen LogP contribution in [-0.4, -0.2) is 35.1 Å². The largest absolute Gasteiger partial charge is 0.311 e. The smallest absolute Gasteiger partial charge is 0.0313 e. The molecule has 0 amide bonds. The molecule has 2 atom stereocenters. The maximum atomic E-state index is 4.36. The molecule has 4 rings (SSSR count). The number of pyridine rings is 1. The van der Waals surface area contributed by atoms with E-state index in [4.69, 9.17) is 0 Å². The Labute approximate surface area is 121 Å². The molecule has 2 saturated carbocycles. The van der Waals surface area contributed by atoms with Crippen LogP contribution in [0.4, 0.5) is 0 Å². The van der Waals surface area contributed by atoms with Gasteiger partial charge in [-0.3, -0.25) is 9.88 Å². The predicted molar refractivity (Wildman–Crippen MR) is 80.4 cm³/mol. The normalized spacial score (nSPS) is 31.4. The van der Waals surface area contributed by atoms with Crippen molar-refractivity contribution in [1.29, 1.82) is 0 Å². The van der Waals surface area contributed by atoms with Crippen LogP contribution in [-0.2, 0) is 6.54 Å². The molecule has 108 valence electrons. The van der Waals surface area contributed by atoms with Gasteiger partial charge in [0.1, 0.15) is 0 Å². The summed E-state index contributed by atoms with van der Waals surface area (Å²) in [5.74, 6) is 1.90. The molecule has 1 aromatic rings. The van der Waals surface area contributed by atoms with Crippen LogP contribution in [0.15, 0.2) is 18.5 Å². The lowest BCUT2D eigenvalue weighted by atomic mass is 10.0. The number of aryl methyl sites for hydroxylation is 1. The summed E-state index contributed by atoms with van der Waals surface area (Å²) in [5.41, 5.74) is 2.66. The minimum atomic E-state index is 0.739. The Bertz CT molecular complexity index is 479. The van der Waals surface area contributed by atoms with Crippen molar-refractivity contribution in [3.05, 3.63) is 29.6 Å². The van der Waals surface area contributed by atoms with Gasteiger partial charge in [-0.15, -0.1) is 0 Å². The fraction of sp³-hybridized carbons (Fsp3) is 0.706. The number of nitrogens with one attached hydrogen (secondary N) is 1. The van der Waals surface area contributed by atoms with Crippen molar-refractivity contribution in [2.24, 2.45) is 11.8 Å². The van der Waals surface area contributed by atoms with Gasteiger partial charge in [0.25, 0.3) is 0 Å². The molecule has 3 aliphatic rings. The molecule has 0 bridgehead atoms. The first-order valence-corrected chi connectivity index (χ1v) is 8.17. The molecule has 1 N–H and O–H groups in total. The van der Waals surface area contributed by atoms with Crippen molar-refractivity contribution in [1.82, 2.24) is 15.2 Å². The molecule has 3 fully saturated rings. The highest BCUT2D eigenvalue weighted by Gasteiger charge is 2.42. The zero-order valence-electron chi connectivity index (χ0n) is 12.4. The van der Waals surface area contributed by atoms with Gasteiger partial charge < -0.3 is 5.32 Å². The second-order valence-corrected chi connectivity index (χ2v) is 7.06. The molecule has 3 heteroatoms. The van der Waals surface area contributed by atoms with Crippen LogP contribution >= 0.6 is 0 Å². The van der Waals surface area contributed by atoms with Crippen molar-refractivity contribution in [3.63, 3.8) is 0 Å². The van der Waals surface area contributed by atoms with Crippen LogP contribution in [0, 0.1) is 18.8 Å². The van der Waals surface area contributed by atoms with Crippen molar-refractivity contribution >= 4 is 0 Å². The molecule has 1 aliphatic heterocycles. The molecule has 1 aromatic heterocycles. The van der Waals surface area contributed by atoms with Gasteiger partial charge in [0, 0.05) is 44.1 Å². The summed E-state index contributed by atoms with van der Waals surface area (Å²) in [6.07, 6.45) is 9.74. The van der Waals surface area contributed by atoms with E-state index in [0.717, 1.165) is 30.5 Å². The van der Waals surface area contributed by atoms with E-state index in [1.165, 1.54) is 49.9 Å². The first-order chi connectivity index (χ1) is 9.79. The van der Waals surface area contributed by atoms with Crippen LogP contribution in [0.3, 0.4) is 0 Å². The van der Waals surface area contributed by atoms with Gasteiger partial charge in [-0.25, -0.2) is 0 Å². The fourth-order valence-corrected chi connectivity index (χ4v) is 3.73. The molecule has 0 radical (unpaired) electrons. The van der Waals surface area contributed by atoms with E-state index < -0.39 is 0 Å². The van der Waals surface area contributed by atoms with Gasteiger partial charge in [-0.1, -0.05) is 6.07 Å². The standard InChI is InChI=1S/C17H25N3/c1-12-6-13(8-18-7-12)10-20-11-16(14-2-3-14)19-9-17(20)15-4-5-15/h6-8,14-17,19H,2-5,9-11H2,1H3. The Hall–Kier alpha value is -0.930. The average Bonchev–Trinajstić information content (AvgIpc) is 3.30. The van der Waals surface area contributed by atoms with E-state index >= 15 is 0 Å². The van der Waals surface area contributed by atoms with Crippen molar-refractivity contribution in [3.8, 4) is 0 Å². The molecule has 1 saturated heterocycles. The van der Waals surface area contributed by atoms with Crippen molar-refractivity contribution < 1.29 is 0 Å². The zero-order chi connectivity index (χ0) is 13.5. The van der Waals surface area contributed by atoms with Crippen LogP contribution < -0.4 is 5.32 Å². The topological polar surface area (TPSA) is 28.2 Å². The fourth-order valence-electron chi connectivity index (χ4n) is 3.73. The lowest BCUT2D eigenvalue weighted by Gasteiger charge is -2.41. The maximum absolute atomic E-state index is 4.36. The molecule has 2 aliphatic carbocycles. The Balaban J connectivity index is 1.48. The summed E-state index contributed by atoms with van der Waals surface area (Å²) in [6.45, 7) is 5.66. The van der Waals surface area contributed by atoms with E-state index in [-0.39, 0.29) is 0 Å². The van der Waals surface area contributed by atoms with Gasteiger partial charge in [0.15, 0.2) is 0 Å². The number of hydrogen-bond acceptors (Lipinski definition) is 3. The van der Waals surface area contributed by atoms with E-state index in [0.29, 0.717) is 0 Å². The van der Waals surface area contributed by atoms with Gasteiger partial charge in [-0.05, 0) is 55.6 Å². The highest BCUT2D eigenvalue weighted by molar-refractivity contribution is 5.17. The number of hydrogen-bond donors (Lipinski definition) is 1. The maximum Gasteiger partial charge on any atom is 0.0313 e. The second kappa shape index (κ2) is 5.12. The Kier molecular flexibility index (Phi) is 3.27. The molecule has 20 heavy (non-hydrogen) atoms. The second-order valence-electron chi connectivity index (χ2n) is 7.06. The Morgan fingerprint density at radius 2 is 2.00 bits per heavy atom. The molecule has 2 heterocycles. The molecule has 3 nitrogen and oxygen atoms in total. The van der Waals surface area contributed by atoms with E-state index in [9.17, 15) is 0 Å². The summed E-state index contributed by atoms with van der Waals surface area (Å²) in [7, 11) is 0. The molecule has 0 spiro atoms. The third-order valence-electron chi connectivity index (χ3n) is 5.16. The lowest BCUT2D eigenvalue weighted by molar-refractivity contribution is 0.100. The number of nitrogens with zero attached hydrogens (tertiary/aromatic N) is 2. The van der Waals surface area contributed by atoms with E-state index in [1.54, 1.807) is 0 Å². The summed E-state index contributed by atoms with van der Waals surface area (Å²) in [6, 6.07) is 3.79. The average molecular weight is 271 g/mol. The van der Waals surface area contributed by atoms with Crippen LogP contribution in [0.5, 0.6) is 0 Å². The van der Waals surface area contributed by atoms with Crippen LogP contribution in [0.25, 0.3) is 0 Å². The van der Waals surface area contributed by atoms with Gasteiger partial charge in [0.2, 0.25) is 0 Å². The molecule has 0 aromatic carbocycles. The molecular formula is C17H25N3. The van der Waals surface area contributed by atoms with Gasteiger partial charge in [-0.2, -0.15) is 0 Å². The molecule has 2 unspecified atom stereocenters. The highest BCUT2D eigenvalue weighted by atomic mass is 15.2. The summed E-state index contributed by atoms with van der Waals surface area (Å²) < 4.78 is 0. The lowest BCUT2D eigenvalue weighted by Crippen LogP contribution is -2.57. The summed E-state index contributed by atoms with van der Waals surface area (Å²) in [5, 5.41) is 3.82. The first-order valence-electron chi connectivity index (χ1n) is 8.17. The quantitative estimate of drug-likeness (QED) is 0.911. The van der Waals surface area contributed by atoms with Gasteiger partial charge >= 0.3 is 0 Å². The van der Waals surface area contributed by atoms with Gasteiger partial charge in [0.05, 0.1) is 0 Å².